The average Bonchev–Trinajstić information content (AvgIpc) is 2.29. The first-order valence-corrected chi connectivity index (χ1v) is 5.77. The first-order chi connectivity index (χ1) is 8.51. The van der Waals surface area contributed by atoms with Gasteiger partial charge in [-0.1, -0.05) is 0 Å². The van der Waals surface area contributed by atoms with Crippen LogP contribution in [0.5, 0.6) is 0 Å². The van der Waals surface area contributed by atoms with Gasteiger partial charge in [0.15, 0.2) is 5.43 Å². The summed E-state index contributed by atoms with van der Waals surface area (Å²) >= 11 is 5.46. The summed E-state index contributed by atoms with van der Waals surface area (Å²) in [6.45, 7) is 1.75. The molecule has 1 aromatic rings. The number of ether oxygens (including phenoxy) is 1. The largest absolute Gasteiger partial charge is 0.466 e. The second-order valence-electron chi connectivity index (χ2n) is 3.45. The molecule has 0 saturated heterocycles. The van der Waals surface area contributed by atoms with E-state index >= 15 is 0 Å². The Labute approximate surface area is 107 Å². The number of hydrogen-bond acceptors (Lipinski definition) is 3. The summed E-state index contributed by atoms with van der Waals surface area (Å²) in [5.74, 6) is -0.844. The molecule has 4 nitrogen and oxygen atoms in total. The molecule has 1 aromatic heterocycles. The summed E-state index contributed by atoms with van der Waals surface area (Å²) < 4.78 is 30.3. The minimum Gasteiger partial charge on any atom is -0.466 e. The van der Waals surface area contributed by atoms with E-state index in [0.29, 0.717) is 0 Å². The minimum atomic E-state index is -2.97. The van der Waals surface area contributed by atoms with Crippen molar-refractivity contribution in [1.82, 2.24) is 4.98 Å². The molecule has 0 aromatic carbocycles. The van der Waals surface area contributed by atoms with Crippen molar-refractivity contribution in [3.05, 3.63) is 33.2 Å². The van der Waals surface area contributed by atoms with Crippen molar-refractivity contribution in [3.8, 4) is 0 Å². The Bertz CT molecular complexity index is 488. The molecule has 0 unspecified atom stereocenters. The number of esters is 1. The number of carbonyl (C=O) groups excluding carboxylic acids is 1. The van der Waals surface area contributed by atoms with E-state index in [1.165, 1.54) is 6.20 Å². The van der Waals surface area contributed by atoms with Crippen LogP contribution in [0.2, 0.25) is 0 Å². The highest BCUT2D eigenvalue weighted by Gasteiger charge is 2.21. The molecular formula is C11H12ClF2NO3. The van der Waals surface area contributed by atoms with Crippen molar-refractivity contribution < 1.29 is 18.3 Å². The van der Waals surface area contributed by atoms with E-state index in [4.69, 9.17) is 11.6 Å². The fourth-order valence-corrected chi connectivity index (χ4v) is 1.66. The molecule has 0 spiro atoms. The molecule has 0 aliphatic carbocycles. The van der Waals surface area contributed by atoms with Gasteiger partial charge in [-0.15, -0.1) is 11.6 Å². The van der Waals surface area contributed by atoms with Gasteiger partial charge in [-0.3, -0.25) is 9.59 Å². The average molecular weight is 280 g/mol. The summed E-state index contributed by atoms with van der Waals surface area (Å²) in [6, 6.07) is 0. The molecule has 0 radical (unpaired) electrons. The van der Waals surface area contributed by atoms with Crippen LogP contribution in [0.3, 0.4) is 0 Å². The lowest BCUT2D eigenvalue weighted by molar-refractivity contribution is -0.142. The zero-order valence-corrected chi connectivity index (χ0v) is 10.4. The maximum atomic E-state index is 12.8. The van der Waals surface area contributed by atoms with Crippen molar-refractivity contribution in [3.63, 3.8) is 0 Å². The molecule has 0 saturated carbocycles. The monoisotopic (exact) mass is 279 g/mol. The number of carbonyl (C=O) groups is 1. The van der Waals surface area contributed by atoms with Gasteiger partial charge >= 0.3 is 5.97 Å². The molecule has 1 rings (SSSR count). The van der Waals surface area contributed by atoms with Crippen LogP contribution in [0, 0.1) is 0 Å². The Kier molecular flexibility index (Phi) is 5.27. The number of nitrogens with one attached hydrogen (secondary N) is 1. The number of halogens is 3. The smallest absolute Gasteiger partial charge is 0.311 e. The normalized spacial score (nSPS) is 10.7. The molecule has 1 heterocycles. The van der Waals surface area contributed by atoms with Gasteiger partial charge in [-0.2, -0.15) is 0 Å². The van der Waals surface area contributed by atoms with Crippen molar-refractivity contribution in [2.24, 2.45) is 0 Å². The number of aromatic nitrogens is 1. The zero-order chi connectivity index (χ0) is 13.7. The Hall–Kier alpha value is -1.43. The van der Waals surface area contributed by atoms with Crippen LogP contribution in [0.1, 0.15) is 30.2 Å². The van der Waals surface area contributed by atoms with Crippen LogP contribution in [-0.4, -0.2) is 17.6 Å². The molecule has 100 valence electrons. The van der Waals surface area contributed by atoms with Crippen LogP contribution in [-0.2, 0) is 21.8 Å². The van der Waals surface area contributed by atoms with Gasteiger partial charge < -0.3 is 9.72 Å². The molecule has 7 heteroatoms. The first-order valence-electron chi connectivity index (χ1n) is 5.24. The molecule has 0 bridgehead atoms. The Morgan fingerprint density at radius 2 is 2.22 bits per heavy atom. The van der Waals surface area contributed by atoms with Gasteiger partial charge in [-0.05, 0) is 6.92 Å². The number of H-pyrrole nitrogens is 1. The first kappa shape index (κ1) is 14.6. The lowest BCUT2D eigenvalue weighted by Crippen LogP contribution is -2.21. The fraction of sp³-hybridized carbons (Fsp3) is 0.455. The Morgan fingerprint density at radius 1 is 1.56 bits per heavy atom. The third-order valence-corrected chi connectivity index (χ3v) is 2.56. The van der Waals surface area contributed by atoms with Gasteiger partial charge in [-0.25, -0.2) is 8.78 Å². The molecule has 0 amide bonds. The third-order valence-electron chi connectivity index (χ3n) is 2.27. The summed E-state index contributed by atoms with van der Waals surface area (Å²) in [5, 5.41) is 0. The van der Waals surface area contributed by atoms with Gasteiger partial charge in [0, 0.05) is 17.5 Å². The Morgan fingerprint density at radius 3 is 2.72 bits per heavy atom. The van der Waals surface area contributed by atoms with E-state index in [0.717, 1.165) is 0 Å². The zero-order valence-electron chi connectivity index (χ0n) is 9.63. The van der Waals surface area contributed by atoms with Gasteiger partial charge in [0.05, 0.1) is 24.5 Å². The van der Waals surface area contributed by atoms with E-state index in [1.807, 2.05) is 0 Å². The van der Waals surface area contributed by atoms with Gasteiger partial charge in [0.2, 0.25) is 0 Å². The molecule has 1 N–H and O–H groups in total. The Balaban J connectivity index is 3.16. The number of alkyl halides is 3. The van der Waals surface area contributed by atoms with Crippen molar-refractivity contribution in [2.45, 2.75) is 25.7 Å². The standard InChI is InChI=1S/C11H12ClF2NO3/c1-2-18-8(16)3-7-9(11(13)14)10(17)6(4-12)5-15-7/h5,11H,2-4H2,1H3,(H,15,17). The van der Waals surface area contributed by atoms with Crippen molar-refractivity contribution in [2.75, 3.05) is 6.61 Å². The predicted molar refractivity (Wildman–Crippen MR) is 61.9 cm³/mol. The fourth-order valence-electron chi connectivity index (χ4n) is 1.46. The topological polar surface area (TPSA) is 59.2 Å². The van der Waals surface area contributed by atoms with Crippen LogP contribution in [0.25, 0.3) is 0 Å². The summed E-state index contributed by atoms with van der Waals surface area (Å²) in [7, 11) is 0. The lowest BCUT2D eigenvalue weighted by Gasteiger charge is -2.09. The third kappa shape index (κ3) is 3.29. The van der Waals surface area contributed by atoms with Crippen LogP contribution in [0.4, 0.5) is 8.78 Å². The lowest BCUT2D eigenvalue weighted by atomic mass is 10.1. The molecule has 0 fully saturated rings. The highest BCUT2D eigenvalue weighted by molar-refractivity contribution is 6.17. The number of hydrogen-bond donors (Lipinski definition) is 1. The molecule has 18 heavy (non-hydrogen) atoms. The van der Waals surface area contributed by atoms with Gasteiger partial charge in [0.1, 0.15) is 0 Å². The van der Waals surface area contributed by atoms with Gasteiger partial charge in [0.25, 0.3) is 6.43 Å². The van der Waals surface area contributed by atoms with Crippen LogP contribution in [0.15, 0.2) is 11.0 Å². The molecule has 0 aliphatic heterocycles. The van der Waals surface area contributed by atoms with Crippen LogP contribution >= 0.6 is 11.6 Å². The minimum absolute atomic E-state index is 0.0413. The summed E-state index contributed by atoms with van der Waals surface area (Å²) in [5.41, 5.74) is -1.65. The highest BCUT2D eigenvalue weighted by Crippen LogP contribution is 2.19. The summed E-state index contributed by atoms with van der Waals surface area (Å²) in [6.07, 6.45) is -2.14. The maximum Gasteiger partial charge on any atom is 0.311 e. The van der Waals surface area contributed by atoms with E-state index < -0.39 is 29.8 Å². The van der Waals surface area contributed by atoms with Crippen molar-refractivity contribution in [1.29, 1.82) is 0 Å². The van der Waals surface area contributed by atoms with Crippen LogP contribution < -0.4 is 5.43 Å². The van der Waals surface area contributed by atoms with E-state index in [9.17, 15) is 18.4 Å². The van der Waals surface area contributed by atoms with E-state index in [-0.39, 0.29) is 23.7 Å². The molecule has 0 aliphatic rings. The van der Waals surface area contributed by atoms with E-state index in [2.05, 4.69) is 9.72 Å². The number of aromatic amines is 1. The SMILES string of the molecule is CCOC(=O)Cc1[nH]cc(CCl)c(=O)c1C(F)F. The molecule has 0 atom stereocenters. The number of rotatable bonds is 5. The van der Waals surface area contributed by atoms with E-state index in [1.54, 1.807) is 6.92 Å². The second-order valence-corrected chi connectivity index (χ2v) is 3.72. The quantitative estimate of drug-likeness (QED) is 0.664. The highest BCUT2D eigenvalue weighted by atomic mass is 35.5. The second kappa shape index (κ2) is 6.49. The maximum absolute atomic E-state index is 12.8. The predicted octanol–water partition coefficient (Wildman–Crippen LogP) is 2.16. The van der Waals surface area contributed by atoms with Crippen molar-refractivity contribution >= 4 is 17.6 Å². The molecular weight excluding hydrogens is 268 g/mol. The number of pyridine rings is 1. The summed E-state index contributed by atoms with van der Waals surface area (Å²) in [4.78, 5) is 25.4.